The summed E-state index contributed by atoms with van der Waals surface area (Å²) in [7, 11) is 0. The highest BCUT2D eigenvalue weighted by atomic mass is 16.3. The average Bonchev–Trinajstić information content (AvgIpc) is 3.18. The third-order valence-electron chi connectivity index (χ3n) is 4.66. The third kappa shape index (κ3) is 3.40. The van der Waals surface area contributed by atoms with Gasteiger partial charge in [0.2, 0.25) is 5.91 Å². The fraction of sp³-hybridized carbons (Fsp3) is 0.588. The van der Waals surface area contributed by atoms with Crippen molar-refractivity contribution in [1.29, 1.82) is 0 Å². The highest BCUT2D eigenvalue weighted by molar-refractivity contribution is 5.77. The van der Waals surface area contributed by atoms with Gasteiger partial charge in [-0.05, 0) is 36.7 Å². The van der Waals surface area contributed by atoms with Crippen molar-refractivity contribution in [2.24, 2.45) is 11.3 Å². The number of carbonyl (C=O) groups is 1. The second-order valence-corrected chi connectivity index (χ2v) is 6.61. The first-order chi connectivity index (χ1) is 9.36. The van der Waals surface area contributed by atoms with Crippen LogP contribution in [0.3, 0.4) is 0 Å². The minimum absolute atomic E-state index is 0.0780. The Morgan fingerprint density at radius 2 is 1.95 bits per heavy atom. The molecule has 1 aromatic rings. The molecule has 0 radical (unpaired) electrons. The van der Waals surface area contributed by atoms with Gasteiger partial charge < -0.3 is 10.4 Å². The summed E-state index contributed by atoms with van der Waals surface area (Å²) in [6.07, 6.45) is 2.49. The van der Waals surface area contributed by atoms with Crippen molar-refractivity contribution >= 4 is 5.91 Å². The topological polar surface area (TPSA) is 49.3 Å². The molecule has 2 rings (SSSR count). The van der Waals surface area contributed by atoms with Gasteiger partial charge in [-0.3, -0.25) is 4.79 Å². The van der Waals surface area contributed by atoms with E-state index in [1.165, 1.54) is 12.8 Å². The number of nitrogens with one attached hydrogen (secondary N) is 1. The minimum atomic E-state index is -1.11. The van der Waals surface area contributed by atoms with Gasteiger partial charge >= 0.3 is 0 Å². The van der Waals surface area contributed by atoms with Crippen molar-refractivity contribution in [3.63, 3.8) is 0 Å². The standard InChI is InChI=1S/C17H25NO2/c1-13(2)17(9-10-17)12-18-15(19)11-16(3,20)14-7-5-4-6-8-14/h4-8,13,20H,9-12H2,1-3H3,(H,18,19). The van der Waals surface area contributed by atoms with E-state index in [1.807, 2.05) is 30.3 Å². The van der Waals surface area contributed by atoms with Gasteiger partial charge in [-0.2, -0.15) is 0 Å². The zero-order valence-electron chi connectivity index (χ0n) is 12.6. The van der Waals surface area contributed by atoms with Crippen LogP contribution in [0.5, 0.6) is 0 Å². The number of aliphatic hydroxyl groups is 1. The molecule has 2 N–H and O–H groups in total. The van der Waals surface area contributed by atoms with Gasteiger partial charge in [0.25, 0.3) is 0 Å². The zero-order chi connectivity index (χ0) is 14.8. The highest BCUT2D eigenvalue weighted by Gasteiger charge is 2.45. The van der Waals surface area contributed by atoms with E-state index in [9.17, 15) is 9.90 Å². The van der Waals surface area contributed by atoms with Crippen LogP contribution in [0.2, 0.25) is 0 Å². The molecule has 1 amide bonds. The van der Waals surface area contributed by atoms with E-state index in [4.69, 9.17) is 0 Å². The van der Waals surface area contributed by atoms with Gasteiger partial charge in [0, 0.05) is 6.54 Å². The van der Waals surface area contributed by atoms with Crippen molar-refractivity contribution in [3.8, 4) is 0 Å². The molecule has 3 heteroatoms. The molecule has 1 saturated carbocycles. The molecule has 1 unspecified atom stereocenters. The monoisotopic (exact) mass is 275 g/mol. The number of hydrogen-bond donors (Lipinski definition) is 2. The molecule has 20 heavy (non-hydrogen) atoms. The first-order valence-electron chi connectivity index (χ1n) is 7.40. The normalized spacial score (nSPS) is 19.4. The maximum Gasteiger partial charge on any atom is 0.223 e. The third-order valence-corrected chi connectivity index (χ3v) is 4.66. The average molecular weight is 275 g/mol. The quantitative estimate of drug-likeness (QED) is 0.838. The summed E-state index contributed by atoms with van der Waals surface area (Å²) < 4.78 is 0. The molecule has 0 aromatic heterocycles. The van der Waals surface area contributed by atoms with E-state index in [1.54, 1.807) is 6.92 Å². The molecule has 0 spiro atoms. The Labute approximate surface area is 121 Å². The first-order valence-corrected chi connectivity index (χ1v) is 7.40. The predicted octanol–water partition coefficient (Wildman–Crippen LogP) is 2.84. The molecular weight excluding hydrogens is 250 g/mol. The van der Waals surface area contributed by atoms with Crippen molar-refractivity contribution in [3.05, 3.63) is 35.9 Å². The lowest BCUT2D eigenvalue weighted by atomic mass is 9.91. The van der Waals surface area contributed by atoms with E-state index in [-0.39, 0.29) is 12.3 Å². The number of benzene rings is 1. The Kier molecular flexibility index (Phi) is 4.19. The molecule has 1 aliphatic rings. The molecule has 0 heterocycles. The van der Waals surface area contributed by atoms with E-state index < -0.39 is 5.60 Å². The number of hydrogen-bond acceptors (Lipinski definition) is 2. The van der Waals surface area contributed by atoms with Gasteiger partial charge in [-0.25, -0.2) is 0 Å². The molecule has 1 aliphatic carbocycles. The van der Waals surface area contributed by atoms with Gasteiger partial charge in [-0.1, -0.05) is 44.2 Å². The molecule has 1 aromatic carbocycles. The Balaban J connectivity index is 1.88. The van der Waals surface area contributed by atoms with Crippen LogP contribution >= 0.6 is 0 Å². The van der Waals surface area contributed by atoms with Crippen molar-refractivity contribution in [2.45, 2.75) is 45.6 Å². The predicted molar refractivity (Wildman–Crippen MR) is 80.1 cm³/mol. The SMILES string of the molecule is CC(C)C1(CNC(=O)CC(C)(O)c2ccccc2)CC1. The second-order valence-electron chi connectivity index (χ2n) is 6.61. The number of amides is 1. The molecule has 110 valence electrons. The Bertz CT molecular complexity index is 461. The Hall–Kier alpha value is -1.35. The second kappa shape index (κ2) is 5.57. The molecule has 3 nitrogen and oxygen atoms in total. The molecule has 1 fully saturated rings. The lowest BCUT2D eigenvalue weighted by Gasteiger charge is -2.25. The summed E-state index contributed by atoms with van der Waals surface area (Å²) in [6, 6.07) is 9.35. The largest absolute Gasteiger partial charge is 0.385 e. The fourth-order valence-corrected chi connectivity index (χ4v) is 2.67. The lowest BCUT2D eigenvalue weighted by molar-refractivity contribution is -0.126. The summed E-state index contributed by atoms with van der Waals surface area (Å²) in [6.45, 7) is 6.84. The maximum atomic E-state index is 12.1. The first kappa shape index (κ1) is 15.0. The van der Waals surface area contributed by atoms with E-state index in [2.05, 4.69) is 19.2 Å². The number of rotatable bonds is 6. The minimum Gasteiger partial charge on any atom is -0.385 e. The zero-order valence-corrected chi connectivity index (χ0v) is 12.6. The van der Waals surface area contributed by atoms with E-state index in [0.717, 1.165) is 12.1 Å². The summed E-state index contributed by atoms with van der Waals surface area (Å²) in [5, 5.41) is 13.4. The number of carbonyl (C=O) groups excluding carboxylic acids is 1. The van der Waals surface area contributed by atoms with Crippen LogP contribution in [0, 0.1) is 11.3 Å². The smallest absolute Gasteiger partial charge is 0.223 e. The van der Waals surface area contributed by atoms with E-state index >= 15 is 0 Å². The van der Waals surface area contributed by atoms with Crippen LogP contribution in [0.1, 0.15) is 45.6 Å². The molecule has 0 bridgehead atoms. The van der Waals surface area contributed by atoms with Gasteiger partial charge in [0.15, 0.2) is 0 Å². The fourth-order valence-electron chi connectivity index (χ4n) is 2.67. The molecule has 0 saturated heterocycles. The van der Waals surface area contributed by atoms with E-state index in [0.29, 0.717) is 11.3 Å². The van der Waals surface area contributed by atoms with Crippen molar-refractivity contribution < 1.29 is 9.90 Å². The van der Waals surface area contributed by atoms with Gasteiger partial charge in [-0.15, -0.1) is 0 Å². The van der Waals surface area contributed by atoms with Gasteiger partial charge in [0.1, 0.15) is 0 Å². The van der Waals surface area contributed by atoms with Crippen molar-refractivity contribution in [1.82, 2.24) is 5.32 Å². The summed E-state index contributed by atoms with van der Waals surface area (Å²) >= 11 is 0. The Morgan fingerprint density at radius 1 is 1.35 bits per heavy atom. The van der Waals surface area contributed by atoms with Crippen LogP contribution in [0.25, 0.3) is 0 Å². The van der Waals surface area contributed by atoms with Crippen LogP contribution < -0.4 is 5.32 Å². The van der Waals surface area contributed by atoms with Crippen LogP contribution in [0.15, 0.2) is 30.3 Å². The maximum absolute atomic E-state index is 12.1. The van der Waals surface area contributed by atoms with Crippen molar-refractivity contribution in [2.75, 3.05) is 6.54 Å². The van der Waals surface area contributed by atoms with Gasteiger partial charge in [0.05, 0.1) is 12.0 Å². The Morgan fingerprint density at radius 3 is 2.45 bits per heavy atom. The summed E-state index contributed by atoms with van der Waals surface area (Å²) in [4.78, 5) is 12.1. The van der Waals surface area contributed by atoms with Crippen LogP contribution in [-0.2, 0) is 10.4 Å². The molecule has 1 atom stereocenters. The highest BCUT2D eigenvalue weighted by Crippen LogP contribution is 2.51. The molecule has 0 aliphatic heterocycles. The van der Waals surface area contributed by atoms with Crippen LogP contribution in [-0.4, -0.2) is 17.6 Å². The lowest BCUT2D eigenvalue weighted by Crippen LogP contribution is -2.37. The van der Waals surface area contributed by atoms with Crippen LogP contribution in [0.4, 0.5) is 0 Å². The molecular formula is C17H25NO2. The summed E-state index contributed by atoms with van der Waals surface area (Å²) in [5.74, 6) is 0.517. The summed E-state index contributed by atoms with van der Waals surface area (Å²) in [5.41, 5.74) is -0.0334.